The van der Waals surface area contributed by atoms with Gasteiger partial charge in [0.2, 0.25) is 5.95 Å². The van der Waals surface area contributed by atoms with E-state index in [1.165, 1.54) is 19.2 Å². The molecule has 0 saturated carbocycles. The van der Waals surface area contributed by atoms with Crippen molar-refractivity contribution in [1.82, 2.24) is 14.8 Å². The molecule has 8 nitrogen and oxygen atoms in total. The first-order valence-corrected chi connectivity index (χ1v) is 12.5. The van der Waals surface area contributed by atoms with Crippen LogP contribution in [0.2, 0.25) is 0 Å². The summed E-state index contributed by atoms with van der Waals surface area (Å²) in [6.07, 6.45) is 6.02. The predicted octanol–water partition coefficient (Wildman–Crippen LogP) is 5.79. The topological polar surface area (TPSA) is 90.3 Å². The normalized spacial score (nSPS) is 14.8. The molecule has 36 heavy (non-hydrogen) atoms. The number of amides is 1. The van der Waals surface area contributed by atoms with E-state index in [1.54, 1.807) is 11.8 Å². The molecule has 2 heterocycles. The number of benzene rings is 2. The van der Waals surface area contributed by atoms with Crippen molar-refractivity contribution in [1.29, 1.82) is 0 Å². The number of aryl methyl sites for hydroxylation is 2. The summed E-state index contributed by atoms with van der Waals surface area (Å²) in [5, 5.41) is 10.7. The molecule has 1 atom stereocenters. The summed E-state index contributed by atoms with van der Waals surface area (Å²) < 4.78 is 13.4. The highest BCUT2D eigenvalue weighted by molar-refractivity contribution is 6.06. The second-order valence-electron chi connectivity index (χ2n) is 9.19. The number of fused-ring (bicyclic) bond motifs is 1. The molecule has 0 saturated heterocycles. The van der Waals surface area contributed by atoms with Gasteiger partial charge in [0.05, 0.1) is 19.3 Å². The monoisotopic (exact) mass is 489 g/mol. The van der Waals surface area contributed by atoms with Crippen LogP contribution in [0.5, 0.6) is 11.5 Å². The Hall–Kier alpha value is -3.81. The second kappa shape index (κ2) is 11.3. The van der Waals surface area contributed by atoms with Crippen LogP contribution in [0.4, 0.5) is 11.6 Å². The molecule has 0 radical (unpaired) electrons. The average molecular weight is 490 g/mol. The van der Waals surface area contributed by atoms with E-state index < -0.39 is 6.04 Å². The number of rotatable bonds is 10. The van der Waals surface area contributed by atoms with E-state index in [1.807, 2.05) is 51.1 Å². The van der Waals surface area contributed by atoms with Crippen molar-refractivity contribution in [2.45, 2.75) is 59.4 Å². The zero-order valence-corrected chi connectivity index (χ0v) is 21.7. The Kier molecular flexibility index (Phi) is 7.93. The highest BCUT2D eigenvalue weighted by atomic mass is 16.5. The van der Waals surface area contributed by atoms with Crippen molar-refractivity contribution in [2.75, 3.05) is 24.4 Å². The van der Waals surface area contributed by atoms with Gasteiger partial charge in [-0.05, 0) is 56.5 Å². The van der Waals surface area contributed by atoms with E-state index in [0.717, 1.165) is 40.9 Å². The second-order valence-corrected chi connectivity index (χ2v) is 9.19. The van der Waals surface area contributed by atoms with Gasteiger partial charge in [0.15, 0.2) is 11.5 Å². The van der Waals surface area contributed by atoms with E-state index in [9.17, 15) is 4.79 Å². The number of anilines is 2. The molecule has 8 heteroatoms. The molecule has 0 bridgehead atoms. The van der Waals surface area contributed by atoms with Crippen molar-refractivity contribution in [3.8, 4) is 11.5 Å². The van der Waals surface area contributed by atoms with E-state index in [0.29, 0.717) is 29.6 Å². The first kappa shape index (κ1) is 25.3. The fourth-order valence-corrected chi connectivity index (χ4v) is 4.52. The Labute approximate surface area is 212 Å². The lowest BCUT2D eigenvalue weighted by atomic mass is 9.94. The summed E-state index contributed by atoms with van der Waals surface area (Å²) in [6.45, 7) is 8.73. The fourth-order valence-electron chi connectivity index (χ4n) is 4.52. The lowest BCUT2D eigenvalue weighted by Gasteiger charge is -2.29. The SMILES string of the molecule is CCCCCCOc1ccc([C@H]2C(C(=O)Nc3ccc(C)cc3C)=C(C)Nc3ncnn32)cc1OC. The Morgan fingerprint density at radius 2 is 1.92 bits per heavy atom. The van der Waals surface area contributed by atoms with Crippen LogP contribution in [-0.4, -0.2) is 34.4 Å². The summed E-state index contributed by atoms with van der Waals surface area (Å²) >= 11 is 0. The number of nitrogens with one attached hydrogen (secondary N) is 2. The Bertz CT molecular complexity index is 1260. The number of allylic oxidation sites excluding steroid dienone is 1. The highest BCUT2D eigenvalue weighted by Gasteiger charge is 2.34. The Morgan fingerprint density at radius 3 is 2.67 bits per heavy atom. The summed E-state index contributed by atoms with van der Waals surface area (Å²) in [4.78, 5) is 18.0. The van der Waals surface area contributed by atoms with Crippen molar-refractivity contribution in [2.24, 2.45) is 0 Å². The smallest absolute Gasteiger partial charge is 0.255 e. The predicted molar refractivity (Wildman–Crippen MR) is 142 cm³/mol. The Balaban J connectivity index is 1.65. The molecule has 190 valence electrons. The number of hydrogen-bond acceptors (Lipinski definition) is 6. The first-order valence-electron chi connectivity index (χ1n) is 12.5. The molecule has 2 N–H and O–H groups in total. The van der Waals surface area contributed by atoms with Crippen LogP contribution in [0.25, 0.3) is 0 Å². The quantitative estimate of drug-likeness (QED) is 0.350. The maximum absolute atomic E-state index is 13.7. The van der Waals surface area contributed by atoms with Crippen LogP contribution in [0.1, 0.15) is 62.3 Å². The molecular weight excluding hydrogens is 454 g/mol. The maximum atomic E-state index is 13.7. The summed E-state index contributed by atoms with van der Waals surface area (Å²) in [5.74, 6) is 1.69. The third-order valence-corrected chi connectivity index (χ3v) is 6.43. The Morgan fingerprint density at radius 1 is 1.08 bits per heavy atom. The third-order valence-electron chi connectivity index (χ3n) is 6.43. The number of carbonyl (C=O) groups is 1. The summed E-state index contributed by atoms with van der Waals surface area (Å²) in [7, 11) is 1.63. The van der Waals surface area contributed by atoms with Crippen LogP contribution in [0.15, 0.2) is 54.0 Å². The molecule has 3 aromatic rings. The molecule has 1 aliphatic rings. The minimum absolute atomic E-state index is 0.201. The van der Waals surface area contributed by atoms with Gasteiger partial charge in [-0.3, -0.25) is 4.79 Å². The average Bonchev–Trinajstić information content (AvgIpc) is 3.32. The number of unbranched alkanes of at least 4 members (excludes halogenated alkanes) is 3. The minimum Gasteiger partial charge on any atom is -0.493 e. The zero-order valence-electron chi connectivity index (χ0n) is 21.7. The molecule has 0 aliphatic carbocycles. The lowest BCUT2D eigenvalue weighted by molar-refractivity contribution is -0.113. The van der Waals surface area contributed by atoms with Crippen LogP contribution in [0, 0.1) is 13.8 Å². The molecule has 1 amide bonds. The van der Waals surface area contributed by atoms with Gasteiger partial charge in [-0.25, -0.2) is 4.68 Å². The van der Waals surface area contributed by atoms with Crippen LogP contribution in [0.3, 0.4) is 0 Å². The highest BCUT2D eigenvalue weighted by Crippen LogP contribution is 2.39. The summed E-state index contributed by atoms with van der Waals surface area (Å²) in [6, 6.07) is 11.3. The molecule has 0 spiro atoms. The van der Waals surface area contributed by atoms with Gasteiger partial charge in [-0.1, -0.05) is 49.9 Å². The first-order chi connectivity index (χ1) is 17.4. The summed E-state index contributed by atoms with van der Waals surface area (Å²) in [5.41, 5.74) is 5.05. The molecule has 0 unspecified atom stereocenters. The van der Waals surface area contributed by atoms with Crippen LogP contribution < -0.4 is 20.1 Å². The maximum Gasteiger partial charge on any atom is 0.255 e. The van der Waals surface area contributed by atoms with E-state index in [2.05, 4.69) is 33.7 Å². The molecule has 2 aromatic carbocycles. The molecule has 4 rings (SSSR count). The van der Waals surface area contributed by atoms with Gasteiger partial charge >= 0.3 is 0 Å². The molecular formula is C28H35N5O3. The van der Waals surface area contributed by atoms with Crippen molar-refractivity contribution in [3.05, 3.63) is 70.7 Å². The van der Waals surface area contributed by atoms with Crippen LogP contribution >= 0.6 is 0 Å². The number of aromatic nitrogens is 3. The third kappa shape index (κ3) is 5.37. The van der Waals surface area contributed by atoms with E-state index >= 15 is 0 Å². The fraction of sp³-hybridized carbons (Fsp3) is 0.393. The largest absolute Gasteiger partial charge is 0.493 e. The lowest BCUT2D eigenvalue weighted by Crippen LogP contribution is -2.31. The number of nitrogens with zero attached hydrogens (tertiary/aromatic N) is 3. The number of ether oxygens (including phenoxy) is 2. The van der Waals surface area contributed by atoms with Gasteiger partial charge in [0.25, 0.3) is 5.91 Å². The van der Waals surface area contributed by atoms with Gasteiger partial charge in [-0.15, -0.1) is 0 Å². The minimum atomic E-state index is -0.484. The standard InChI is InChI=1S/C28H35N5O3/c1-6-7-8-9-14-36-23-13-11-21(16-24(23)35-5)26-25(20(4)31-28-29-17-30-33(26)28)27(34)32-22-12-10-18(2)15-19(22)3/h10-13,15-17,26H,6-9,14H2,1-5H3,(H,32,34)(H,29,30,31)/t26-/m0/s1. The molecule has 1 aromatic heterocycles. The van der Waals surface area contributed by atoms with Gasteiger partial charge < -0.3 is 20.1 Å². The number of carbonyl (C=O) groups excluding carboxylic acids is 1. The van der Waals surface area contributed by atoms with Crippen LogP contribution in [-0.2, 0) is 4.79 Å². The number of methoxy groups -OCH3 is 1. The van der Waals surface area contributed by atoms with E-state index in [4.69, 9.17) is 9.47 Å². The molecule has 1 aliphatic heterocycles. The van der Waals surface area contributed by atoms with Crippen molar-refractivity contribution >= 4 is 17.5 Å². The van der Waals surface area contributed by atoms with Crippen molar-refractivity contribution < 1.29 is 14.3 Å². The van der Waals surface area contributed by atoms with Gasteiger partial charge in [0, 0.05) is 11.4 Å². The number of hydrogen-bond donors (Lipinski definition) is 2. The zero-order chi connectivity index (χ0) is 25.7. The van der Waals surface area contributed by atoms with Crippen molar-refractivity contribution in [3.63, 3.8) is 0 Å². The van der Waals surface area contributed by atoms with Gasteiger partial charge in [0.1, 0.15) is 12.4 Å². The van der Waals surface area contributed by atoms with Gasteiger partial charge in [-0.2, -0.15) is 10.1 Å². The van der Waals surface area contributed by atoms with E-state index in [-0.39, 0.29) is 5.91 Å². The molecule has 0 fully saturated rings.